The number of methoxy groups -OCH3 is 1. The molecule has 1 aromatic heterocycles. The SMILES string of the molecule is CCn1ncc(OC)c1C(=O)CC1CCOC1. The zero-order valence-electron chi connectivity index (χ0n) is 10.3. The molecule has 1 atom stereocenters. The standard InChI is InChI=1S/C12H18N2O3/c1-3-14-12(11(16-2)7-13-14)10(15)6-9-4-5-17-8-9/h7,9H,3-6,8H2,1-2H3. The third kappa shape index (κ3) is 2.49. The van der Waals surface area contributed by atoms with E-state index in [-0.39, 0.29) is 5.78 Å². The molecule has 94 valence electrons. The summed E-state index contributed by atoms with van der Waals surface area (Å²) in [5.74, 6) is 1.000. The Balaban J connectivity index is 2.13. The molecule has 2 heterocycles. The second-order valence-electron chi connectivity index (χ2n) is 4.23. The molecule has 1 saturated heterocycles. The second kappa shape index (κ2) is 5.31. The fraction of sp³-hybridized carbons (Fsp3) is 0.667. The number of carbonyl (C=O) groups excluding carboxylic acids is 1. The van der Waals surface area contributed by atoms with E-state index >= 15 is 0 Å². The lowest BCUT2D eigenvalue weighted by Gasteiger charge is -2.09. The highest BCUT2D eigenvalue weighted by molar-refractivity contribution is 5.97. The number of Topliss-reactive ketones (excluding diaryl/α,β-unsaturated/α-hetero) is 1. The largest absolute Gasteiger partial charge is 0.493 e. The predicted octanol–water partition coefficient (Wildman–Crippen LogP) is 1.52. The van der Waals surface area contributed by atoms with E-state index < -0.39 is 0 Å². The first-order chi connectivity index (χ1) is 8.26. The van der Waals surface area contributed by atoms with Crippen LogP contribution in [0.1, 0.15) is 30.3 Å². The number of aryl methyl sites for hydroxylation is 1. The maximum atomic E-state index is 12.2. The van der Waals surface area contributed by atoms with Crippen LogP contribution in [0.15, 0.2) is 6.20 Å². The Morgan fingerprint density at radius 3 is 3.12 bits per heavy atom. The van der Waals surface area contributed by atoms with Crippen LogP contribution in [-0.2, 0) is 11.3 Å². The van der Waals surface area contributed by atoms with Gasteiger partial charge in [0.15, 0.2) is 11.5 Å². The molecule has 0 saturated carbocycles. The number of rotatable bonds is 5. The molecule has 5 heteroatoms. The summed E-state index contributed by atoms with van der Waals surface area (Å²) in [6.07, 6.45) is 3.08. The number of aromatic nitrogens is 2. The van der Waals surface area contributed by atoms with Crippen molar-refractivity contribution in [1.29, 1.82) is 0 Å². The van der Waals surface area contributed by atoms with Gasteiger partial charge >= 0.3 is 0 Å². The van der Waals surface area contributed by atoms with Crippen LogP contribution in [0.5, 0.6) is 5.75 Å². The third-order valence-corrected chi connectivity index (χ3v) is 3.09. The lowest BCUT2D eigenvalue weighted by atomic mass is 10.00. The molecule has 0 amide bonds. The van der Waals surface area contributed by atoms with Crippen LogP contribution < -0.4 is 4.74 Å². The Labute approximate surface area is 101 Å². The number of ether oxygens (including phenoxy) is 2. The van der Waals surface area contributed by atoms with E-state index in [1.807, 2.05) is 6.92 Å². The van der Waals surface area contributed by atoms with Gasteiger partial charge in [-0.25, -0.2) is 0 Å². The molecular formula is C12H18N2O3. The third-order valence-electron chi connectivity index (χ3n) is 3.09. The number of hydrogen-bond acceptors (Lipinski definition) is 4. The molecule has 0 N–H and O–H groups in total. The maximum absolute atomic E-state index is 12.2. The van der Waals surface area contributed by atoms with E-state index in [1.54, 1.807) is 18.0 Å². The van der Waals surface area contributed by atoms with Crippen LogP contribution in [0.3, 0.4) is 0 Å². The zero-order chi connectivity index (χ0) is 12.3. The van der Waals surface area contributed by atoms with Crippen molar-refractivity contribution in [2.75, 3.05) is 20.3 Å². The summed E-state index contributed by atoms with van der Waals surface area (Å²) in [6.45, 7) is 4.09. The van der Waals surface area contributed by atoms with Crippen molar-refractivity contribution in [3.8, 4) is 5.75 Å². The molecule has 0 bridgehead atoms. The van der Waals surface area contributed by atoms with Crippen molar-refractivity contribution < 1.29 is 14.3 Å². The van der Waals surface area contributed by atoms with Crippen LogP contribution in [0.2, 0.25) is 0 Å². The van der Waals surface area contributed by atoms with E-state index in [2.05, 4.69) is 5.10 Å². The molecule has 1 aromatic rings. The molecule has 17 heavy (non-hydrogen) atoms. The van der Waals surface area contributed by atoms with Gasteiger partial charge in [-0.15, -0.1) is 0 Å². The molecule has 0 aliphatic carbocycles. The maximum Gasteiger partial charge on any atom is 0.185 e. The van der Waals surface area contributed by atoms with E-state index in [4.69, 9.17) is 9.47 Å². The molecular weight excluding hydrogens is 220 g/mol. The normalized spacial score (nSPS) is 19.5. The highest BCUT2D eigenvalue weighted by Gasteiger charge is 2.24. The molecule has 2 rings (SSSR count). The Bertz CT molecular complexity index is 373. The summed E-state index contributed by atoms with van der Waals surface area (Å²) < 4.78 is 12.2. The topological polar surface area (TPSA) is 53.4 Å². The molecule has 0 aromatic carbocycles. The number of hydrogen-bond donors (Lipinski definition) is 0. The van der Waals surface area contributed by atoms with E-state index in [0.29, 0.717) is 36.9 Å². The summed E-state index contributed by atoms with van der Waals surface area (Å²) in [7, 11) is 1.56. The summed E-state index contributed by atoms with van der Waals surface area (Å²) in [4.78, 5) is 12.2. The van der Waals surface area contributed by atoms with Crippen molar-refractivity contribution in [2.24, 2.45) is 5.92 Å². The number of carbonyl (C=O) groups is 1. The van der Waals surface area contributed by atoms with Crippen molar-refractivity contribution in [1.82, 2.24) is 9.78 Å². The fourth-order valence-corrected chi connectivity index (χ4v) is 2.14. The average molecular weight is 238 g/mol. The minimum atomic E-state index is 0.0942. The lowest BCUT2D eigenvalue weighted by Crippen LogP contribution is -2.14. The van der Waals surface area contributed by atoms with Crippen LogP contribution >= 0.6 is 0 Å². The zero-order valence-corrected chi connectivity index (χ0v) is 10.3. The fourth-order valence-electron chi connectivity index (χ4n) is 2.14. The van der Waals surface area contributed by atoms with Crippen LogP contribution in [0.25, 0.3) is 0 Å². The Morgan fingerprint density at radius 2 is 2.53 bits per heavy atom. The Kier molecular flexibility index (Phi) is 3.78. The first-order valence-corrected chi connectivity index (χ1v) is 5.97. The van der Waals surface area contributed by atoms with Crippen LogP contribution in [0.4, 0.5) is 0 Å². The molecule has 0 spiro atoms. The van der Waals surface area contributed by atoms with Gasteiger partial charge in [0.2, 0.25) is 0 Å². The quantitative estimate of drug-likeness (QED) is 0.730. The average Bonchev–Trinajstić information content (AvgIpc) is 2.95. The Hall–Kier alpha value is -1.36. The van der Waals surface area contributed by atoms with E-state index in [0.717, 1.165) is 13.0 Å². The molecule has 1 unspecified atom stereocenters. The first-order valence-electron chi connectivity index (χ1n) is 5.97. The summed E-state index contributed by atoms with van der Waals surface area (Å²) in [6, 6.07) is 0. The molecule has 0 radical (unpaired) electrons. The van der Waals surface area contributed by atoms with Crippen molar-refractivity contribution in [2.45, 2.75) is 26.3 Å². The lowest BCUT2D eigenvalue weighted by molar-refractivity contribution is 0.0939. The monoisotopic (exact) mass is 238 g/mol. The second-order valence-corrected chi connectivity index (χ2v) is 4.23. The van der Waals surface area contributed by atoms with Gasteiger partial charge < -0.3 is 9.47 Å². The summed E-state index contributed by atoms with van der Waals surface area (Å²) in [5, 5.41) is 4.14. The van der Waals surface area contributed by atoms with Crippen molar-refractivity contribution in [3.63, 3.8) is 0 Å². The van der Waals surface area contributed by atoms with Gasteiger partial charge in [-0.1, -0.05) is 0 Å². The van der Waals surface area contributed by atoms with Crippen LogP contribution in [0, 0.1) is 5.92 Å². The van der Waals surface area contributed by atoms with Gasteiger partial charge in [-0.2, -0.15) is 5.10 Å². The number of nitrogens with zero attached hydrogens (tertiary/aromatic N) is 2. The van der Waals surface area contributed by atoms with Gasteiger partial charge in [0, 0.05) is 26.2 Å². The molecule has 1 aliphatic heterocycles. The van der Waals surface area contributed by atoms with Crippen molar-refractivity contribution >= 4 is 5.78 Å². The molecule has 1 aliphatic rings. The van der Waals surface area contributed by atoms with Gasteiger partial charge in [-0.05, 0) is 19.3 Å². The minimum Gasteiger partial charge on any atom is -0.493 e. The van der Waals surface area contributed by atoms with Gasteiger partial charge in [0.1, 0.15) is 5.69 Å². The van der Waals surface area contributed by atoms with E-state index in [1.165, 1.54) is 0 Å². The number of ketones is 1. The Morgan fingerprint density at radius 1 is 1.71 bits per heavy atom. The highest BCUT2D eigenvalue weighted by Crippen LogP contribution is 2.24. The highest BCUT2D eigenvalue weighted by atomic mass is 16.5. The smallest absolute Gasteiger partial charge is 0.185 e. The minimum absolute atomic E-state index is 0.0942. The van der Waals surface area contributed by atoms with Gasteiger partial charge in [-0.3, -0.25) is 9.48 Å². The van der Waals surface area contributed by atoms with Gasteiger partial charge in [0.25, 0.3) is 0 Å². The summed E-state index contributed by atoms with van der Waals surface area (Å²) in [5.41, 5.74) is 0.585. The predicted molar refractivity (Wildman–Crippen MR) is 62.3 cm³/mol. The van der Waals surface area contributed by atoms with Crippen LogP contribution in [-0.4, -0.2) is 35.9 Å². The first kappa shape index (κ1) is 12.1. The summed E-state index contributed by atoms with van der Waals surface area (Å²) >= 11 is 0. The van der Waals surface area contributed by atoms with Gasteiger partial charge in [0.05, 0.1) is 13.3 Å². The molecule has 5 nitrogen and oxygen atoms in total. The van der Waals surface area contributed by atoms with Crippen molar-refractivity contribution in [3.05, 3.63) is 11.9 Å². The molecule has 1 fully saturated rings. The van der Waals surface area contributed by atoms with E-state index in [9.17, 15) is 4.79 Å².